The van der Waals surface area contributed by atoms with Gasteiger partial charge in [-0.1, -0.05) is 11.6 Å². The number of anilines is 3. The highest BCUT2D eigenvalue weighted by molar-refractivity contribution is 6.34. The van der Waals surface area contributed by atoms with Crippen LogP contribution in [-0.4, -0.2) is 23.5 Å². The average Bonchev–Trinajstić information content (AvgIpc) is 2.94. The van der Waals surface area contributed by atoms with Gasteiger partial charge in [-0.3, -0.25) is 9.78 Å². The quantitative estimate of drug-likeness (QED) is 0.904. The smallest absolute Gasteiger partial charge is 0.311 e. The fourth-order valence-electron chi connectivity index (χ4n) is 2.44. The van der Waals surface area contributed by atoms with Crippen molar-refractivity contribution < 1.29 is 9.59 Å². The van der Waals surface area contributed by atoms with E-state index in [-0.39, 0.29) is 11.9 Å². The zero-order valence-electron chi connectivity index (χ0n) is 12.3. The first-order valence-electron chi connectivity index (χ1n) is 7.21. The van der Waals surface area contributed by atoms with Crippen LogP contribution in [0.3, 0.4) is 0 Å². The largest absolute Gasteiger partial charge is 0.323 e. The Morgan fingerprint density at radius 3 is 2.70 bits per heavy atom. The summed E-state index contributed by atoms with van der Waals surface area (Å²) in [6.07, 6.45) is 4.56. The molecule has 0 unspecified atom stereocenters. The monoisotopic (exact) mass is 330 g/mol. The van der Waals surface area contributed by atoms with Crippen molar-refractivity contribution in [2.75, 3.05) is 22.1 Å². The van der Waals surface area contributed by atoms with E-state index in [9.17, 15) is 9.59 Å². The molecule has 3 amide bonds. The lowest BCUT2D eigenvalue weighted by molar-refractivity contribution is -0.117. The predicted octanol–water partition coefficient (Wildman–Crippen LogP) is 3.51. The van der Waals surface area contributed by atoms with E-state index in [0.29, 0.717) is 35.1 Å². The molecule has 7 heteroatoms. The maximum atomic E-state index is 11.9. The van der Waals surface area contributed by atoms with E-state index in [1.54, 1.807) is 47.6 Å². The van der Waals surface area contributed by atoms with Crippen molar-refractivity contribution in [3.05, 3.63) is 47.7 Å². The van der Waals surface area contributed by atoms with Crippen molar-refractivity contribution >= 4 is 40.6 Å². The van der Waals surface area contributed by atoms with Gasteiger partial charge in [-0.05, 0) is 36.8 Å². The summed E-state index contributed by atoms with van der Waals surface area (Å²) in [4.78, 5) is 29.3. The number of halogens is 1. The number of rotatable bonds is 3. The molecule has 2 aromatic rings. The van der Waals surface area contributed by atoms with Crippen molar-refractivity contribution in [3.8, 4) is 0 Å². The van der Waals surface area contributed by atoms with Crippen LogP contribution in [0.15, 0.2) is 42.7 Å². The van der Waals surface area contributed by atoms with Crippen LogP contribution in [0.1, 0.15) is 12.8 Å². The van der Waals surface area contributed by atoms with E-state index >= 15 is 0 Å². The lowest BCUT2D eigenvalue weighted by Crippen LogP contribution is -2.24. The number of benzene rings is 1. The van der Waals surface area contributed by atoms with Crippen molar-refractivity contribution in [3.63, 3.8) is 0 Å². The molecule has 1 aliphatic rings. The first kappa shape index (κ1) is 15.3. The Labute approximate surface area is 138 Å². The van der Waals surface area contributed by atoms with Crippen LogP contribution in [0, 0.1) is 0 Å². The van der Waals surface area contributed by atoms with Gasteiger partial charge in [-0.15, -0.1) is 0 Å². The molecule has 0 radical (unpaired) electrons. The van der Waals surface area contributed by atoms with Crippen molar-refractivity contribution in [1.29, 1.82) is 0 Å². The molecule has 2 N–H and O–H groups in total. The maximum absolute atomic E-state index is 11.9. The number of nitrogens with one attached hydrogen (secondary N) is 2. The topological polar surface area (TPSA) is 74.3 Å². The summed E-state index contributed by atoms with van der Waals surface area (Å²) in [5.74, 6) is 0.0712. The zero-order valence-corrected chi connectivity index (χ0v) is 13.0. The van der Waals surface area contributed by atoms with Crippen molar-refractivity contribution in [1.82, 2.24) is 4.98 Å². The Balaban J connectivity index is 1.68. The molecular weight excluding hydrogens is 316 g/mol. The fourth-order valence-corrected chi connectivity index (χ4v) is 2.72. The van der Waals surface area contributed by atoms with Gasteiger partial charge in [0.15, 0.2) is 0 Å². The van der Waals surface area contributed by atoms with E-state index < -0.39 is 0 Å². The van der Waals surface area contributed by atoms with E-state index in [4.69, 9.17) is 11.6 Å². The highest BCUT2D eigenvalue weighted by Gasteiger charge is 2.23. The number of nitrogens with zero attached hydrogens (tertiary/aromatic N) is 2. The number of aromatic nitrogens is 1. The SMILES string of the molecule is O=C(Nc1cccnc1)Nc1ccc(N2CCCC2=O)c(Cl)c1. The second-order valence-corrected chi connectivity index (χ2v) is 5.54. The molecule has 3 rings (SSSR count). The van der Waals surface area contributed by atoms with Crippen LogP contribution >= 0.6 is 11.6 Å². The minimum atomic E-state index is -0.390. The summed E-state index contributed by atoms with van der Waals surface area (Å²) in [6, 6.07) is 8.17. The summed E-state index contributed by atoms with van der Waals surface area (Å²) in [6.45, 7) is 0.673. The summed E-state index contributed by atoms with van der Waals surface area (Å²) in [5, 5.41) is 5.79. The molecule has 0 atom stereocenters. The molecule has 1 aromatic heterocycles. The zero-order chi connectivity index (χ0) is 16.2. The third kappa shape index (κ3) is 3.60. The molecule has 0 spiro atoms. The molecule has 0 bridgehead atoms. The number of hydrogen-bond donors (Lipinski definition) is 2. The summed E-state index contributed by atoms with van der Waals surface area (Å²) in [7, 11) is 0. The Bertz CT molecular complexity index is 736. The molecule has 1 fully saturated rings. The summed E-state index contributed by atoms with van der Waals surface area (Å²) in [5.41, 5.74) is 1.81. The number of carbonyl (C=O) groups excluding carboxylic acids is 2. The van der Waals surface area contributed by atoms with Crippen LogP contribution < -0.4 is 15.5 Å². The number of urea groups is 1. The number of carbonyl (C=O) groups is 2. The Morgan fingerprint density at radius 1 is 1.22 bits per heavy atom. The van der Waals surface area contributed by atoms with E-state index in [2.05, 4.69) is 15.6 Å². The van der Waals surface area contributed by atoms with E-state index in [1.807, 2.05) is 0 Å². The van der Waals surface area contributed by atoms with Gasteiger partial charge in [0.05, 0.1) is 22.6 Å². The van der Waals surface area contributed by atoms with Crippen LogP contribution in [0.5, 0.6) is 0 Å². The molecule has 0 saturated carbocycles. The van der Waals surface area contributed by atoms with Crippen LogP contribution in [0.2, 0.25) is 5.02 Å². The first-order chi connectivity index (χ1) is 11.1. The van der Waals surface area contributed by atoms with Gasteiger partial charge in [0.25, 0.3) is 0 Å². The normalized spacial score (nSPS) is 14.0. The van der Waals surface area contributed by atoms with Crippen LogP contribution in [0.25, 0.3) is 0 Å². The minimum absolute atomic E-state index is 0.0712. The van der Waals surface area contributed by atoms with Crippen molar-refractivity contribution in [2.24, 2.45) is 0 Å². The number of hydrogen-bond acceptors (Lipinski definition) is 3. The lowest BCUT2D eigenvalue weighted by atomic mass is 10.2. The number of pyridine rings is 1. The Kier molecular flexibility index (Phi) is 4.43. The van der Waals surface area contributed by atoms with Gasteiger partial charge >= 0.3 is 6.03 Å². The van der Waals surface area contributed by atoms with E-state index in [1.165, 1.54) is 0 Å². The maximum Gasteiger partial charge on any atom is 0.323 e. The third-order valence-electron chi connectivity index (χ3n) is 3.49. The Hall–Kier alpha value is -2.60. The second-order valence-electron chi connectivity index (χ2n) is 5.14. The van der Waals surface area contributed by atoms with Gasteiger partial charge in [0, 0.05) is 24.8 Å². The molecule has 1 saturated heterocycles. The van der Waals surface area contributed by atoms with Gasteiger partial charge in [0.2, 0.25) is 5.91 Å². The molecule has 0 aliphatic carbocycles. The standard InChI is InChI=1S/C16H15ClN4O2/c17-13-9-11(5-6-14(13)21-8-2-4-15(21)22)19-16(23)20-12-3-1-7-18-10-12/h1,3,5-7,9-10H,2,4,8H2,(H2,19,20,23). The third-order valence-corrected chi connectivity index (χ3v) is 3.79. The molecule has 2 heterocycles. The highest BCUT2D eigenvalue weighted by Crippen LogP contribution is 2.31. The molecule has 6 nitrogen and oxygen atoms in total. The number of amides is 3. The average molecular weight is 331 g/mol. The van der Waals surface area contributed by atoms with Gasteiger partial charge < -0.3 is 15.5 Å². The van der Waals surface area contributed by atoms with Crippen LogP contribution in [-0.2, 0) is 4.79 Å². The molecule has 1 aromatic carbocycles. The molecule has 118 valence electrons. The minimum Gasteiger partial charge on any atom is -0.311 e. The van der Waals surface area contributed by atoms with Gasteiger partial charge in [0.1, 0.15) is 0 Å². The summed E-state index contributed by atoms with van der Waals surface area (Å²) < 4.78 is 0. The lowest BCUT2D eigenvalue weighted by Gasteiger charge is -2.18. The van der Waals surface area contributed by atoms with E-state index in [0.717, 1.165) is 6.42 Å². The first-order valence-corrected chi connectivity index (χ1v) is 7.59. The van der Waals surface area contributed by atoms with Crippen molar-refractivity contribution in [2.45, 2.75) is 12.8 Å². The highest BCUT2D eigenvalue weighted by atomic mass is 35.5. The molecule has 1 aliphatic heterocycles. The predicted molar refractivity (Wildman–Crippen MR) is 89.9 cm³/mol. The Morgan fingerprint density at radius 2 is 2.04 bits per heavy atom. The molecule has 23 heavy (non-hydrogen) atoms. The fraction of sp³-hybridized carbons (Fsp3) is 0.188. The second kappa shape index (κ2) is 6.66. The van der Waals surface area contributed by atoms with Crippen LogP contribution in [0.4, 0.5) is 21.9 Å². The van der Waals surface area contributed by atoms with Gasteiger partial charge in [-0.25, -0.2) is 4.79 Å². The summed E-state index contributed by atoms with van der Waals surface area (Å²) >= 11 is 6.24. The molecular formula is C16H15ClN4O2. The van der Waals surface area contributed by atoms with Gasteiger partial charge in [-0.2, -0.15) is 0 Å².